The van der Waals surface area contributed by atoms with Crippen LogP contribution in [-0.4, -0.2) is 39.3 Å². The Bertz CT molecular complexity index is 19.1. The molecule has 1 aliphatic heterocycles. The summed E-state index contributed by atoms with van der Waals surface area (Å²) in [6.07, 6.45) is 2.78. The van der Waals surface area contributed by atoms with Crippen LogP contribution in [0.5, 0.6) is 0 Å². The zero-order chi connectivity index (χ0) is 3.54. The summed E-state index contributed by atoms with van der Waals surface area (Å²) in [5.74, 6) is 0. The SMILES string of the molecule is C1CCNC1.[Bi]. The fourth-order valence-electron chi connectivity index (χ4n) is 0.625. The molecule has 0 aromatic carbocycles. The second kappa shape index (κ2) is 4.01. The minimum Gasteiger partial charge on any atom is -0.317 e. The van der Waals surface area contributed by atoms with Crippen LogP contribution in [0, 0.1) is 0 Å². The van der Waals surface area contributed by atoms with Crippen LogP contribution >= 0.6 is 0 Å². The molecule has 1 heterocycles. The molecule has 1 aliphatic rings. The largest absolute Gasteiger partial charge is 0.317 e. The van der Waals surface area contributed by atoms with Crippen LogP contribution < -0.4 is 5.32 Å². The number of hydrogen-bond donors (Lipinski definition) is 1. The van der Waals surface area contributed by atoms with Crippen molar-refractivity contribution in [2.45, 2.75) is 12.8 Å². The molecule has 1 nitrogen and oxygen atoms in total. The Kier molecular flexibility index (Phi) is 4.58. The van der Waals surface area contributed by atoms with Crippen LogP contribution in [0.3, 0.4) is 0 Å². The third-order valence-corrected chi connectivity index (χ3v) is 0.957. The molecular formula is C4H9BiN. The zero-order valence-electron chi connectivity index (χ0n) is 3.78. The van der Waals surface area contributed by atoms with Gasteiger partial charge >= 0.3 is 0 Å². The van der Waals surface area contributed by atoms with Crippen molar-refractivity contribution in [3.05, 3.63) is 0 Å². The van der Waals surface area contributed by atoms with Gasteiger partial charge in [0.15, 0.2) is 0 Å². The minimum absolute atomic E-state index is 0. The summed E-state index contributed by atoms with van der Waals surface area (Å²) in [7, 11) is 0. The van der Waals surface area contributed by atoms with Crippen molar-refractivity contribution in [2.75, 3.05) is 13.1 Å². The molecule has 1 N–H and O–H groups in total. The van der Waals surface area contributed by atoms with E-state index in [1.807, 2.05) is 0 Å². The van der Waals surface area contributed by atoms with E-state index in [-0.39, 0.29) is 26.2 Å². The summed E-state index contributed by atoms with van der Waals surface area (Å²) in [6.45, 7) is 2.50. The van der Waals surface area contributed by atoms with Gasteiger partial charge in [-0.1, -0.05) is 0 Å². The summed E-state index contributed by atoms with van der Waals surface area (Å²) in [6, 6.07) is 0. The first-order valence-corrected chi connectivity index (χ1v) is 2.21. The van der Waals surface area contributed by atoms with Crippen LogP contribution in [0.25, 0.3) is 0 Å². The van der Waals surface area contributed by atoms with Gasteiger partial charge in [-0.2, -0.15) is 0 Å². The van der Waals surface area contributed by atoms with E-state index in [1.165, 1.54) is 25.9 Å². The van der Waals surface area contributed by atoms with Gasteiger partial charge in [0, 0.05) is 26.2 Å². The van der Waals surface area contributed by atoms with Crippen molar-refractivity contribution >= 4 is 26.2 Å². The molecule has 0 aromatic heterocycles. The monoisotopic (exact) mass is 280 g/mol. The van der Waals surface area contributed by atoms with Crippen molar-refractivity contribution in [3.63, 3.8) is 0 Å². The van der Waals surface area contributed by atoms with Crippen molar-refractivity contribution in [2.24, 2.45) is 0 Å². The summed E-state index contributed by atoms with van der Waals surface area (Å²) >= 11 is 0. The topological polar surface area (TPSA) is 12.0 Å². The van der Waals surface area contributed by atoms with E-state index >= 15 is 0 Å². The molecular weight excluding hydrogens is 271 g/mol. The van der Waals surface area contributed by atoms with Crippen molar-refractivity contribution in [1.29, 1.82) is 0 Å². The van der Waals surface area contributed by atoms with Crippen LogP contribution in [-0.2, 0) is 0 Å². The molecule has 0 unspecified atom stereocenters. The van der Waals surface area contributed by atoms with Crippen molar-refractivity contribution < 1.29 is 0 Å². The second-order valence-electron chi connectivity index (χ2n) is 1.46. The van der Waals surface area contributed by atoms with Gasteiger partial charge in [-0.25, -0.2) is 0 Å². The molecule has 3 radical (unpaired) electrons. The van der Waals surface area contributed by atoms with Crippen LogP contribution in [0.15, 0.2) is 0 Å². The maximum Gasteiger partial charge on any atom is 0 e. The van der Waals surface area contributed by atoms with Gasteiger partial charge in [-0.3, -0.25) is 0 Å². The quantitative estimate of drug-likeness (QED) is 0.615. The Morgan fingerprint density at radius 1 is 1.00 bits per heavy atom. The molecule has 0 saturated carbocycles. The van der Waals surface area contributed by atoms with Gasteiger partial charge in [0.1, 0.15) is 0 Å². The fourth-order valence-corrected chi connectivity index (χ4v) is 0.625. The number of rotatable bonds is 0. The van der Waals surface area contributed by atoms with Crippen molar-refractivity contribution in [1.82, 2.24) is 5.32 Å². The maximum atomic E-state index is 3.22. The average molecular weight is 280 g/mol. The van der Waals surface area contributed by atoms with Crippen LogP contribution in [0.1, 0.15) is 12.8 Å². The standard InChI is InChI=1S/C4H9N.Bi/c1-2-4-5-3-1;/h5H,1-4H2;. The average Bonchev–Trinajstić information content (AvgIpc) is 1.76. The summed E-state index contributed by atoms with van der Waals surface area (Å²) in [4.78, 5) is 0. The van der Waals surface area contributed by atoms with E-state index in [2.05, 4.69) is 5.32 Å². The third kappa shape index (κ3) is 2.10. The molecule has 0 atom stereocenters. The first-order chi connectivity index (χ1) is 2.50. The van der Waals surface area contributed by atoms with Crippen LogP contribution in [0.4, 0.5) is 0 Å². The molecule has 35 valence electrons. The van der Waals surface area contributed by atoms with Gasteiger partial charge in [-0.05, 0) is 25.9 Å². The summed E-state index contributed by atoms with van der Waals surface area (Å²) in [5, 5.41) is 3.22. The minimum atomic E-state index is 0. The maximum absolute atomic E-state index is 3.22. The molecule has 1 fully saturated rings. The van der Waals surface area contributed by atoms with E-state index in [9.17, 15) is 0 Å². The molecule has 0 spiro atoms. The Labute approximate surface area is 57.6 Å². The Morgan fingerprint density at radius 3 is 1.67 bits per heavy atom. The second-order valence-corrected chi connectivity index (χ2v) is 1.46. The predicted octanol–water partition coefficient (Wildman–Crippen LogP) is -0.0110. The summed E-state index contributed by atoms with van der Waals surface area (Å²) < 4.78 is 0. The van der Waals surface area contributed by atoms with Gasteiger partial charge in [0.25, 0.3) is 0 Å². The molecule has 0 aliphatic carbocycles. The van der Waals surface area contributed by atoms with E-state index in [1.54, 1.807) is 0 Å². The molecule has 2 heteroatoms. The van der Waals surface area contributed by atoms with E-state index < -0.39 is 0 Å². The van der Waals surface area contributed by atoms with Gasteiger partial charge in [0.2, 0.25) is 0 Å². The molecule has 0 bridgehead atoms. The normalized spacial score (nSPS) is 20.0. The zero-order valence-corrected chi connectivity index (χ0v) is 7.25. The smallest absolute Gasteiger partial charge is 0 e. The molecule has 0 aromatic rings. The summed E-state index contributed by atoms with van der Waals surface area (Å²) in [5.41, 5.74) is 0. The van der Waals surface area contributed by atoms with E-state index in [0.717, 1.165) is 0 Å². The van der Waals surface area contributed by atoms with Crippen LogP contribution in [0.2, 0.25) is 0 Å². The van der Waals surface area contributed by atoms with Gasteiger partial charge in [-0.15, -0.1) is 0 Å². The fraction of sp³-hybridized carbons (Fsp3) is 1.00. The number of hydrogen-bond acceptors (Lipinski definition) is 1. The predicted molar refractivity (Wildman–Crippen MR) is 27.9 cm³/mol. The molecule has 1 saturated heterocycles. The first kappa shape index (κ1) is 6.84. The van der Waals surface area contributed by atoms with Crippen molar-refractivity contribution in [3.8, 4) is 0 Å². The Hall–Kier alpha value is 0.843. The Balaban J connectivity index is 0.000000250. The number of nitrogens with one attached hydrogen (secondary N) is 1. The molecule has 1 rings (SSSR count). The Morgan fingerprint density at radius 2 is 1.50 bits per heavy atom. The molecule has 0 amide bonds. The molecule has 6 heavy (non-hydrogen) atoms. The van der Waals surface area contributed by atoms with E-state index in [4.69, 9.17) is 0 Å². The van der Waals surface area contributed by atoms with Gasteiger partial charge < -0.3 is 5.32 Å². The van der Waals surface area contributed by atoms with Gasteiger partial charge in [0.05, 0.1) is 0 Å². The third-order valence-electron chi connectivity index (χ3n) is 0.957. The first-order valence-electron chi connectivity index (χ1n) is 2.21. The van der Waals surface area contributed by atoms with E-state index in [0.29, 0.717) is 0 Å².